The van der Waals surface area contributed by atoms with Crippen LogP contribution in [-0.2, 0) is 6.54 Å². The van der Waals surface area contributed by atoms with Crippen molar-refractivity contribution in [2.75, 3.05) is 6.54 Å². The highest BCUT2D eigenvalue weighted by atomic mass is 79.9. The van der Waals surface area contributed by atoms with Crippen LogP contribution in [0.1, 0.15) is 38.2 Å². The van der Waals surface area contributed by atoms with Crippen LogP contribution in [-0.4, -0.2) is 6.54 Å². The van der Waals surface area contributed by atoms with Gasteiger partial charge in [-0.2, -0.15) is 0 Å². The number of rotatable bonds is 5. The van der Waals surface area contributed by atoms with Gasteiger partial charge in [0.2, 0.25) is 0 Å². The monoisotopic (exact) mass is 281 g/mol. The summed E-state index contributed by atoms with van der Waals surface area (Å²) < 4.78 is 1.21. The highest BCUT2D eigenvalue weighted by molar-refractivity contribution is 9.10. The van der Waals surface area contributed by atoms with Crippen molar-refractivity contribution in [1.29, 1.82) is 0 Å². The van der Waals surface area contributed by atoms with E-state index in [4.69, 9.17) is 0 Å². The highest BCUT2D eigenvalue weighted by Gasteiger charge is 2.34. The Kier molecular flexibility index (Phi) is 4.04. The molecule has 0 heterocycles. The largest absolute Gasteiger partial charge is 0.312 e. The van der Waals surface area contributed by atoms with Gasteiger partial charge < -0.3 is 5.32 Å². The van der Waals surface area contributed by atoms with Gasteiger partial charge in [0.25, 0.3) is 0 Å². The molecule has 0 unspecified atom stereocenters. The third-order valence-corrected chi connectivity index (χ3v) is 4.71. The minimum atomic E-state index is 0.612. The van der Waals surface area contributed by atoms with E-state index >= 15 is 0 Å². The molecule has 2 heteroatoms. The first-order valence-corrected chi connectivity index (χ1v) is 6.99. The van der Waals surface area contributed by atoms with Gasteiger partial charge in [-0.05, 0) is 36.3 Å². The average Bonchev–Trinajstić information content (AvgIpc) is 2.25. The van der Waals surface area contributed by atoms with Crippen molar-refractivity contribution >= 4 is 15.9 Å². The molecule has 1 saturated carbocycles. The van der Waals surface area contributed by atoms with Gasteiger partial charge in [0.15, 0.2) is 0 Å². The lowest BCUT2D eigenvalue weighted by atomic mass is 9.67. The minimum absolute atomic E-state index is 0.612. The summed E-state index contributed by atoms with van der Waals surface area (Å²) in [5.41, 5.74) is 1.97. The summed E-state index contributed by atoms with van der Waals surface area (Å²) >= 11 is 3.59. The Morgan fingerprint density at radius 1 is 1.31 bits per heavy atom. The Morgan fingerprint density at radius 2 is 2.06 bits per heavy atom. The number of hydrogen-bond donors (Lipinski definition) is 1. The van der Waals surface area contributed by atoms with Crippen molar-refractivity contribution in [3.05, 3.63) is 34.3 Å². The molecule has 1 fully saturated rings. The maximum atomic E-state index is 3.61. The fraction of sp³-hybridized carbons (Fsp3) is 0.571. The van der Waals surface area contributed by atoms with Crippen molar-refractivity contribution in [3.8, 4) is 0 Å². The number of benzene rings is 1. The van der Waals surface area contributed by atoms with Gasteiger partial charge in [-0.1, -0.05) is 47.5 Å². The van der Waals surface area contributed by atoms with Crippen LogP contribution < -0.4 is 5.32 Å². The number of halogens is 1. The molecule has 0 aliphatic heterocycles. The van der Waals surface area contributed by atoms with Crippen molar-refractivity contribution in [2.24, 2.45) is 5.41 Å². The molecule has 0 radical (unpaired) electrons. The molecule has 1 aliphatic rings. The maximum absolute atomic E-state index is 3.61. The first-order chi connectivity index (χ1) is 7.76. The molecule has 0 amide bonds. The Bertz CT molecular complexity index is 339. The third-order valence-electron chi connectivity index (χ3n) is 3.94. The summed E-state index contributed by atoms with van der Waals surface area (Å²) in [4.78, 5) is 0. The topological polar surface area (TPSA) is 12.0 Å². The van der Waals surface area contributed by atoms with E-state index in [1.807, 2.05) is 0 Å². The number of nitrogens with one attached hydrogen (secondary N) is 1. The lowest BCUT2D eigenvalue weighted by Crippen LogP contribution is -2.39. The van der Waals surface area contributed by atoms with Crippen LogP contribution >= 0.6 is 15.9 Å². The molecule has 88 valence electrons. The fourth-order valence-corrected chi connectivity index (χ4v) is 2.86. The van der Waals surface area contributed by atoms with Crippen LogP contribution in [0.3, 0.4) is 0 Å². The summed E-state index contributed by atoms with van der Waals surface area (Å²) in [5, 5.41) is 3.61. The van der Waals surface area contributed by atoms with E-state index in [2.05, 4.69) is 52.4 Å². The SMILES string of the molecule is CCC1(CNCc2ccccc2Br)CCC1. The lowest BCUT2D eigenvalue weighted by Gasteiger charge is -2.41. The predicted molar refractivity (Wildman–Crippen MR) is 72.4 cm³/mol. The van der Waals surface area contributed by atoms with Crippen LogP contribution in [0.15, 0.2) is 28.7 Å². The molecule has 1 nitrogen and oxygen atoms in total. The molecule has 1 aliphatic carbocycles. The molecule has 0 spiro atoms. The van der Waals surface area contributed by atoms with Gasteiger partial charge in [0, 0.05) is 17.6 Å². The minimum Gasteiger partial charge on any atom is -0.312 e. The normalized spacial score (nSPS) is 18.1. The lowest BCUT2D eigenvalue weighted by molar-refractivity contribution is 0.124. The molecule has 0 saturated heterocycles. The molecule has 0 aromatic heterocycles. The van der Waals surface area contributed by atoms with E-state index in [1.54, 1.807) is 0 Å². The van der Waals surface area contributed by atoms with Gasteiger partial charge in [0.05, 0.1) is 0 Å². The molecule has 16 heavy (non-hydrogen) atoms. The van der Waals surface area contributed by atoms with Gasteiger partial charge in [0.1, 0.15) is 0 Å². The van der Waals surface area contributed by atoms with Crippen LogP contribution in [0.25, 0.3) is 0 Å². The second kappa shape index (κ2) is 5.33. The second-order valence-corrected chi connectivity index (χ2v) is 5.76. The van der Waals surface area contributed by atoms with Crippen LogP contribution in [0.4, 0.5) is 0 Å². The van der Waals surface area contributed by atoms with Gasteiger partial charge in [-0.15, -0.1) is 0 Å². The van der Waals surface area contributed by atoms with Gasteiger partial charge >= 0.3 is 0 Å². The Hall–Kier alpha value is -0.340. The zero-order valence-electron chi connectivity index (χ0n) is 9.93. The van der Waals surface area contributed by atoms with E-state index in [0.29, 0.717) is 5.41 Å². The van der Waals surface area contributed by atoms with Crippen LogP contribution in [0.5, 0.6) is 0 Å². The first kappa shape index (κ1) is 12.1. The summed E-state index contributed by atoms with van der Waals surface area (Å²) in [6, 6.07) is 8.44. The van der Waals surface area contributed by atoms with Crippen molar-refractivity contribution in [3.63, 3.8) is 0 Å². The zero-order valence-corrected chi connectivity index (χ0v) is 11.5. The van der Waals surface area contributed by atoms with Gasteiger partial charge in [-0.25, -0.2) is 0 Å². The summed E-state index contributed by atoms with van der Waals surface area (Å²) in [5.74, 6) is 0. The van der Waals surface area contributed by atoms with Crippen molar-refractivity contribution in [2.45, 2.75) is 39.2 Å². The standard InChI is InChI=1S/C14H20BrN/c1-2-14(8-5-9-14)11-16-10-12-6-3-4-7-13(12)15/h3-4,6-7,16H,2,5,8-11H2,1H3. The zero-order chi connectivity index (χ0) is 11.4. The maximum Gasteiger partial charge on any atom is 0.0220 e. The van der Waals surface area contributed by atoms with Crippen molar-refractivity contribution in [1.82, 2.24) is 5.32 Å². The van der Waals surface area contributed by atoms with E-state index in [9.17, 15) is 0 Å². The average molecular weight is 282 g/mol. The number of hydrogen-bond acceptors (Lipinski definition) is 1. The van der Waals surface area contributed by atoms with E-state index < -0.39 is 0 Å². The van der Waals surface area contributed by atoms with Crippen LogP contribution in [0, 0.1) is 5.41 Å². The van der Waals surface area contributed by atoms with Gasteiger partial charge in [-0.3, -0.25) is 0 Å². The molecule has 1 aromatic carbocycles. The predicted octanol–water partition coefficient (Wildman–Crippen LogP) is 4.12. The third kappa shape index (κ3) is 2.67. The molecular weight excluding hydrogens is 262 g/mol. The molecule has 0 bridgehead atoms. The fourth-order valence-electron chi connectivity index (χ4n) is 2.44. The Balaban J connectivity index is 1.82. The van der Waals surface area contributed by atoms with Crippen molar-refractivity contribution < 1.29 is 0 Å². The quantitative estimate of drug-likeness (QED) is 0.856. The second-order valence-electron chi connectivity index (χ2n) is 4.90. The smallest absolute Gasteiger partial charge is 0.0220 e. The summed E-state index contributed by atoms with van der Waals surface area (Å²) in [6.07, 6.45) is 5.55. The summed E-state index contributed by atoms with van der Waals surface area (Å²) in [7, 11) is 0. The molecular formula is C14H20BrN. The molecule has 1 aromatic rings. The molecule has 1 N–H and O–H groups in total. The molecule has 2 rings (SSSR count). The summed E-state index contributed by atoms with van der Waals surface area (Å²) in [6.45, 7) is 4.47. The molecule has 0 atom stereocenters. The highest BCUT2D eigenvalue weighted by Crippen LogP contribution is 2.43. The van der Waals surface area contributed by atoms with E-state index in [0.717, 1.165) is 6.54 Å². The Morgan fingerprint density at radius 3 is 2.62 bits per heavy atom. The van der Waals surface area contributed by atoms with E-state index in [1.165, 1.54) is 42.3 Å². The van der Waals surface area contributed by atoms with E-state index in [-0.39, 0.29) is 0 Å². The Labute approximate surface area is 107 Å². The first-order valence-electron chi connectivity index (χ1n) is 6.20. The van der Waals surface area contributed by atoms with Crippen LogP contribution in [0.2, 0.25) is 0 Å².